The summed E-state index contributed by atoms with van der Waals surface area (Å²) in [7, 11) is 0. The number of carboxylic acids is 1. The van der Waals surface area contributed by atoms with Gasteiger partial charge in [-0.3, -0.25) is 19.6 Å². The maximum atomic E-state index is 12.9. The zero-order valence-corrected chi connectivity index (χ0v) is 10.9. The first-order valence-electron chi connectivity index (χ1n) is 6.39. The minimum atomic E-state index is -0.986. The SMILES string of the molecule is O=C(O)C1CC(=O)N(c2cc(-c3ccc(F)cc3)[nH]n2)C1. The summed E-state index contributed by atoms with van der Waals surface area (Å²) in [5.74, 6) is -1.91. The van der Waals surface area contributed by atoms with Gasteiger partial charge in [0.25, 0.3) is 0 Å². The van der Waals surface area contributed by atoms with Gasteiger partial charge < -0.3 is 5.11 Å². The van der Waals surface area contributed by atoms with Gasteiger partial charge in [0, 0.05) is 19.0 Å². The molecule has 3 rings (SSSR count). The number of halogens is 1. The van der Waals surface area contributed by atoms with E-state index in [9.17, 15) is 14.0 Å². The molecule has 21 heavy (non-hydrogen) atoms. The van der Waals surface area contributed by atoms with Crippen LogP contribution in [-0.4, -0.2) is 33.7 Å². The number of nitrogens with zero attached hydrogens (tertiary/aromatic N) is 2. The van der Waals surface area contributed by atoms with Gasteiger partial charge in [0.15, 0.2) is 5.82 Å². The van der Waals surface area contributed by atoms with Crippen LogP contribution in [0.5, 0.6) is 0 Å². The number of aliphatic carboxylic acids is 1. The van der Waals surface area contributed by atoms with Crippen LogP contribution in [-0.2, 0) is 9.59 Å². The lowest BCUT2D eigenvalue weighted by Gasteiger charge is -2.11. The molecule has 1 aliphatic heterocycles. The van der Waals surface area contributed by atoms with Crippen LogP contribution in [0, 0.1) is 11.7 Å². The van der Waals surface area contributed by atoms with E-state index in [0.29, 0.717) is 11.5 Å². The predicted octanol–water partition coefficient (Wildman–Crippen LogP) is 1.65. The average molecular weight is 289 g/mol. The van der Waals surface area contributed by atoms with Crippen LogP contribution >= 0.6 is 0 Å². The summed E-state index contributed by atoms with van der Waals surface area (Å²) in [6.07, 6.45) is -0.0198. The molecule has 1 fully saturated rings. The lowest BCUT2D eigenvalue weighted by Crippen LogP contribution is -2.26. The molecule has 1 amide bonds. The molecule has 1 unspecified atom stereocenters. The van der Waals surface area contributed by atoms with Gasteiger partial charge >= 0.3 is 5.97 Å². The lowest BCUT2D eigenvalue weighted by molar-refractivity contribution is -0.141. The fourth-order valence-corrected chi connectivity index (χ4v) is 2.32. The zero-order valence-electron chi connectivity index (χ0n) is 10.9. The van der Waals surface area contributed by atoms with E-state index in [0.717, 1.165) is 5.56 Å². The molecular formula is C14H12FN3O3. The molecule has 7 heteroatoms. The number of amides is 1. The monoisotopic (exact) mass is 289 g/mol. The quantitative estimate of drug-likeness (QED) is 0.899. The zero-order chi connectivity index (χ0) is 15.0. The van der Waals surface area contributed by atoms with Crippen LogP contribution in [0.25, 0.3) is 11.3 Å². The molecular weight excluding hydrogens is 277 g/mol. The van der Waals surface area contributed by atoms with Crippen LogP contribution in [0.2, 0.25) is 0 Å². The first kappa shape index (κ1) is 13.3. The van der Waals surface area contributed by atoms with E-state index in [-0.39, 0.29) is 24.7 Å². The molecule has 108 valence electrons. The Morgan fingerprint density at radius 2 is 2.10 bits per heavy atom. The van der Waals surface area contributed by atoms with E-state index < -0.39 is 11.9 Å². The van der Waals surface area contributed by atoms with Gasteiger partial charge in [-0.2, -0.15) is 5.10 Å². The van der Waals surface area contributed by atoms with E-state index >= 15 is 0 Å². The largest absolute Gasteiger partial charge is 0.481 e. The molecule has 6 nitrogen and oxygen atoms in total. The van der Waals surface area contributed by atoms with Crippen LogP contribution in [0.4, 0.5) is 10.2 Å². The number of carbonyl (C=O) groups is 2. The van der Waals surface area contributed by atoms with Crippen molar-refractivity contribution in [1.82, 2.24) is 10.2 Å². The first-order valence-corrected chi connectivity index (χ1v) is 6.39. The number of carbonyl (C=O) groups excluding carboxylic acids is 1. The van der Waals surface area contributed by atoms with Gasteiger partial charge in [-0.25, -0.2) is 4.39 Å². The third kappa shape index (κ3) is 2.49. The molecule has 0 radical (unpaired) electrons. The van der Waals surface area contributed by atoms with Gasteiger partial charge in [0.05, 0.1) is 11.6 Å². The normalized spacial score (nSPS) is 18.2. The highest BCUT2D eigenvalue weighted by Gasteiger charge is 2.36. The molecule has 1 aromatic heterocycles. The van der Waals surface area contributed by atoms with Crippen molar-refractivity contribution in [1.29, 1.82) is 0 Å². The Balaban J connectivity index is 1.84. The molecule has 1 atom stereocenters. The summed E-state index contributed by atoms with van der Waals surface area (Å²) in [6, 6.07) is 7.50. The molecule has 1 aliphatic rings. The second-order valence-electron chi connectivity index (χ2n) is 4.89. The minimum absolute atomic E-state index is 0.0198. The Labute approximate surface area is 119 Å². The van der Waals surface area contributed by atoms with Gasteiger partial charge in [-0.05, 0) is 29.8 Å². The van der Waals surface area contributed by atoms with E-state index in [2.05, 4.69) is 10.2 Å². The van der Waals surface area contributed by atoms with Crippen molar-refractivity contribution < 1.29 is 19.1 Å². The van der Waals surface area contributed by atoms with Crippen molar-refractivity contribution in [2.75, 3.05) is 11.4 Å². The van der Waals surface area contributed by atoms with E-state index in [1.807, 2.05) is 0 Å². The van der Waals surface area contributed by atoms with Gasteiger partial charge in [-0.15, -0.1) is 0 Å². The van der Waals surface area contributed by atoms with Gasteiger partial charge in [0.2, 0.25) is 5.91 Å². The second-order valence-corrected chi connectivity index (χ2v) is 4.89. The summed E-state index contributed by atoms with van der Waals surface area (Å²) in [6.45, 7) is 0.113. The number of nitrogens with one attached hydrogen (secondary N) is 1. The number of anilines is 1. The fourth-order valence-electron chi connectivity index (χ4n) is 2.32. The highest BCUT2D eigenvalue weighted by atomic mass is 19.1. The molecule has 2 heterocycles. The van der Waals surface area contributed by atoms with E-state index in [1.165, 1.54) is 17.0 Å². The molecule has 1 saturated heterocycles. The van der Waals surface area contributed by atoms with Crippen LogP contribution < -0.4 is 4.90 Å². The highest BCUT2D eigenvalue weighted by Crippen LogP contribution is 2.27. The van der Waals surface area contributed by atoms with Crippen molar-refractivity contribution >= 4 is 17.7 Å². The third-order valence-corrected chi connectivity index (χ3v) is 3.47. The number of aromatic nitrogens is 2. The first-order chi connectivity index (χ1) is 10.0. The molecule has 2 N–H and O–H groups in total. The molecule has 2 aromatic rings. The van der Waals surface area contributed by atoms with Crippen molar-refractivity contribution in [3.8, 4) is 11.3 Å². The molecule has 0 bridgehead atoms. The Hall–Kier alpha value is -2.70. The number of carboxylic acid groups (broad SMARTS) is 1. The Kier molecular flexibility index (Phi) is 3.17. The fraction of sp³-hybridized carbons (Fsp3) is 0.214. The van der Waals surface area contributed by atoms with E-state index in [1.54, 1.807) is 18.2 Å². The maximum absolute atomic E-state index is 12.9. The number of benzene rings is 1. The van der Waals surface area contributed by atoms with Crippen molar-refractivity contribution in [3.05, 3.63) is 36.1 Å². The lowest BCUT2D eigenvalue weighted by atomic mass is 10.1. The van der Waals surface area contributed by atoms with Crippen LogP contribution in [0.3, 0.4) is 0 Å². The van der Waals surface area contributed by atoms with E-state index in [4.69, 9.17) is 5.11 Å². The number of H-pyrrole nitrogens is 1. The highest BCUT2D eigenvalue weighted by molar-refractivity contribution is 5.98. The molecule has 0 saturated carbocycles. The minimum Gasteiger partial charge on any atom is -0.481 e. The molecule has 0 spiro atoms. The van der Waals surface area contributed by atoms with Crippen LogP contribution in [0.15, 0.2) is 30.3 Å². The van der Waals surface area contributed by atoms with Crippen molar-refractivity contribution in [2.24, 2.45) is 5.92 Å². The summed E-state index contributed by atoms with van der Waals surface area (Å²) in [5, 5.41) is 15.8. The third-order valence-electron chi connectivity index (χ3n) is 3.47. The average Bonchev–Trinajstić information content (AvgIpc) is 3.06. The predicted molar refractivity (Wildman–Crippen MR) is 72.1 cm³/mol. The standard InChI is InChI=1S/C14H12FN3O3/c15-10-3-1-8(2-4-10)11-6-12(17-16-11)18-7-9(14(20)21)5-13(18)19/h1-4,6,9H,5,7H2,(H,16,17)(H,20,21). The summed E-state index contributed by atoms with van der Waals surface area (Å²) < 4.78 is 12.9. The Bertz CT molecular complexity index is 696. The maximum Gasteiger partial charge on any atom is 0.308 e. The molecule has 1 aromatic carbocycles. The summed E-state index contributed by atoms with van der Waals surface area (Å²) >= 11 is 0. The topological polar surface area (TPSA) is 86.3 Å². The summed E-state index contributed by atoms with van der Waals surface area (Å²) in [5.41, 5.74) is 1.37. The smallest absolute Gasteiger partial charge is 0.308 e. The Morgan fingerprint density at radius 3 is 2.71 bits per heavy atom. The van der Waals surface area contributed by atoms with Gasteiger partial charge in [0.1, 0.15) is 5.82 Å². The van der Waals surface area contributed by atoms with Gasteiger partial charge in [-0.1, -0.05) is 0 Å². The van der Waals surface area contributed by atoms with Crippen LogP contribution in [0.1, 0.15) is 6.42 Å². The van der Waals surface area contributed by atoms with Crippen molar-refractivity contribution in [2.45, 2.75) is 6.42 Å². The number of aromatic amines is 1. The second kappa shape index (κ2) is 5.01. The number of hydrogen-bond acceptors (Lipinski definition) is 3. The number of hydrogen-bond donors (Lipinski definition) is 2. The summed E-state index contributed by atoms with van der Waals surface area (Å²) in [4.78, 5) is 24.1. The number of rotatable bonds is 3. The Morgan fingerprint density at radius 1 is 1.38 bits per heavy atom. The van der Waals surface area contributed by atoms with Crippen molar-refractivity contribution in [3.63, 3.8) is 0 Å². The molecule has 0 aliphatic carbocycles.